The SMILES string of the molecule is Cc1noc(-c2c(CC(=O)N3CCC[C@@H]3C(=O)O)sc3c2CCCC3)n1. The highest BCUT2D eigenvalue weighted by molar-refractivity contribution is 7.12. The van der Waals surface area contributed by atoms with Crippen molar-refractivity contribution in [3.8, 4) is 11.5 Å². The number of nitrogens with zero attached hydrogens (tertiary/aromatic N) is 3. The van der Waals surface area contributed by atoms with Crippen molar-refractivity contribution in [1.29, 1.82) is 0 Å². The maximum atomic E-state index is 12.8. The Labute approximate surface area is 155 Å². The van der Waals surface area contributed by atoms with Gasteiger partial charge in [-0.25, -0.2) is 4.79 Å². The molecule has 7 nitrogen and oxygen atoms in total. The Hall–Kier alpha value is -2.22. The van der Waals surface area contributed by atoms with E-state index >= 15 is 0 Å². The normalized spacial score (nSPS) is 19.6. The van der Waals surface area contributed by atoms with Crippen molar-refractivity contribution >= 4 is 23.2 Å². The van der Waals surface area contributed by atoms with Crippen LogP contribution in [0.4, 0.5) is 0 Å². The molecule has 1 aliphatic heterocycles. The standard InChI is InChI=1S/C18H21N3O4S/c1-10-19-17(25-20-10)16-11-5-2-3-7-13(11)26-14(16)9-15(22)21-8-4-6-12(21)18(23)24/h12H,2-9H2,1H3,(H,23,24)/t12-/m1/s1. The Morgan fingerprint density at radius 2 is 2.12 bits per heavy atom. The molecule has 1 saturated heterocycles. The van der Waals surface area contributed by atoms with Crippen LogP contribution in [0.5, 0.6) is 0 Å². The van der Waals surface area contributed by atoms with Gasteiger partial charge in [0.05, 0.1) is 12.0 Å². The molecule has 1 N–H and O–H groups in total. The van der Waals surface area contributed by atoms with Gasteiger partial charge >= 0.3 is 5.97 Å². The Bertz CT molecular complexity index is 857. The fourth-order valence-electron chi connectivity index (χ4n) is 3.96. The van der Waals surface area contributed by atoms with Gasteiger partial charge in [-0.1, -0.05) is 5.16 Å². The molecule has 0 aromatic carbocycles. The van der Waals surface area contributed by atoms with E-state index in [-0.39, 0.29) is 12.3 Å². The zero-order chi connectivity index (χ0) is 18.3. The summed E-state index contributed by atoms with van der Waals surface area (Å²) in [6, 6.07) is -0.703. The quantitative estimate of drug-likeness (QED) is 0.882. The van der Waals surface area contributed by atoms with Gasteiger partial charge in [-0.05, 0) is 51.0 Å². The third kappa shape index (κ3) is 3.02. The number of carboxylic acids is 1. The van der Waals surface area contributed by atoms with Gasteiger partial charge in [0, 0.05) is 16.3 Å². The number of carbonyl (C=O) groups is 2. The number of aryl methyl sites for hydroxylation is 2. The maximum Gasteiger partial charge on any atom is 0.326 e. The molecule has 0 bridgehead atoms. The molecule has 2 aromatic rings. The number of fused-ring (bicyclic) bond motifs is 1. The largest absolute Gasteiger partial charge is 0.480 e. The summed E-state index contributed by atoms with van der Waals surface area (Å²) in [6.45, 7) is 2.29. The first-order valence-corrected chi connectivity index (χ1v) is 9.82. The summed E-state index contributed by atoms with van der Waals surface area (Å²) in [7, 11) is 0. The summed E-state index contributed by atoms with van der Waals surface area (Å²) in [4.78, 5) is 32.3. The summed E-state index contributed by atoms with van der Waals surface area (Å²) in [6.07, 6.45) is 5.68. The van der Waals surface area contributed by atoms with E-state index in [9.17, 15) is 14.7 Å². The maximum absolute atomic E-state index is 12.8. The predicted octanol–water partition coefficient (Wildman–Crippen LogP) is 2.60. The van der Waals surface area contributed by atoms with Crippen LogP contribution >= 0.6 is 11.3 Å². The lowest BCUT2D eigenvalue weighted by Gasteiger charge is -2.21. The first-order chi connectivity index (χ1) is 12.5. The summed E-state index contributed by atoms with van der Waals surface area (Å²) in [5.74, 6) is -0.0144. The van der Waals surface area contributed by atoms with Gasteiger partial charge in [0.2, 0.25) is 5.91 Å². The number of carbonyl (C=O) groups excluding carboxylic acids is 1. The van der Waals surface area contributed by atoms with Gasteiger partial charge in [-0.15, -0.1) is 11.3 Å². The molecule has 0 radical (unpaired) electrons. The first-order valence-electron chi connectivity index (χ1n) is 9.01. The van der Waals surface area contributed by atoms with E-state index in [0.717, 1.165) is 42.5 Å². The highest BCUT2D eigenvalue weighted by Crippen LogP contribution is 2.40. The molecule has 1 amide bonds. The Morgan fingerprint density at radius 3 is 2.85 bits per heavy atom. The van der Waals surface area contributed by atoms with E-state index < -0.39 is 12.0 Å². The van der Waals surface area contributed by atoms with Gasteiger partial charge in [-0.2, -0.15) is 4.98 Å². The van der Waals surface area contributed by atoms with E-state index in [1.165, 1.54) is 15.3 Å². The fraction of sp³-hybridized carbons (Fsp3) is 0.556. The number of carboxylic acid groups (broad SMARTS) is 1. The van der Waals surface area contributed by atoms with Crippen LogP contribution < -0.4 is 0 Å². The minimum Gasteiger partial charge on any atom is -0.480 e. The van der Waals surface area contributed by atoms with Crippen LogP contribution in [0.1, 0.15) is 46.8 Å². The molecule has 138 valence electrons. The van der Waals surface area contributed by atoms with Crippen molar-refractivity contribution in [3.05, 3.63) is 21.1 Å². The molecule has 2 aromatic heterocycles. The van der Waals surface area contributed by atoms with E-state index in [1.54, 1.807) is 18.3 Å². The van der Waals surface area contributed by atoms with Gasteiger partial charge in [0.1, 0.15) is 6.04 Å². The van der Waals surface area contributed by atoms with Crippen LogP contribution in [-0.4, -0.2) is 44.6 Å². The topological polar surface area (TPSA) is 96.5 Å². The summed E-state index contributed by atoms with van der Waals surface area (Å²) < 4.78 is 5.41. The molecule has 0 unspecified atom stereocenters. The van der Waals surface area contributed by atoms with Crippen molar-refractivity contribution in [3.63, 3.8) is 0 Å². The summed E-state index contributed by atoms with van der Waals surface area (Å²) >= 11 is 1.64. The molecule has 1 fully saturated rings. The second-order valence-electron chi connectivity index (χ2n) is 6.92. The second-order valence-corrected chi connectivity index (χ2v) is 8.11. The number of aliphatic carboxylic acids is 1. The molecular weight excluding hydrogens is 354 g/mol. The molecule has 26 heavy (non-hydrogen) atoms. The number of thiophene rings is 1. The van der Waals surface area contributed by atoms with Crippen LogP contribution in [0.15, 0.2) is 4.52 Å². The summed E-state index contributed by atoms with van der Waals surface area (Å²) in [5.41, 5.74) is 2.13. The number of aromatic nitrogens is 2. The monoisotopic (exact) mass is 375 g/mol. The van der Waals surface area contributed by atoms with Gasteiger partial charge in [-0.3, -0.25) is 4.79 Å². The van der Waals surface area contributed by atoms with Gasteiger partial charge < -0.3 is 14.5 Å². The molecule has 4 rings (SSSR count). The smallest absolute Gasteiger partial charge is 0.326 e. The average molecular weight is 375 g/mol. The molecule has 2 aliphatic rings. The minimum atomic E-state index is -0.922. The number of hydrogen-bond acceptors (Lipinski definition) is 6. The lowest BCUT2D eigenvalue weighted by atomic mass is 9.94. The molecule has 1 atom stereocenters. The van der Waals surface area contributed by atoms with E-state index in [2.05, 4.69) is 10.1 Å². The Balaban J connectivity index is 1.67. The van der Waals surface area contributed by atoms with Crippen LogP contribution in [0.25, 0.3) is 11.5 Å². The lowest BCUT2D eigenvalue weighted by Crippen LogP contribution is -2.41. The Kier molecular flexibility index (Phi) is 4.52. The Morgan fingerprint density at radius 1 is 1.31 bits per heavy atom. The molecule has 1 aliphatic carbocycles. The first kappa shape index (κ1) is 17.2. The van der Waals surface area contributed by atoms with Crippen molar-refractivity contribution in [2.24, 2.45) is 0 Å². The van der Waals surface area contributed by atoms with E-state index in [1.807, 2.05) is 0 Å². The number of amides is 1. The molecule has 8 heteroatoms. The van der Waals surface area contributed by atoms with Crippen molar-refractivity contribution < 1.29 is 19.2 Å². The van der Waals surface area contributed by atoms with Crippen LogP contribution in [0.3, 0.4) is 0 Å². The second kappa shape index (κ2) is 6.83. The zero-order valence-corrected chi connectivity index (χ0v) is 15.5. The van der Waals surface area contributed by atoms with E-state index in [0.29, 0.717) is 24.7 Å². The summed E-state index contributed by atoms with van der Waals surface area (Å²) in [5, 5.41) is 13.2. The number of hydrogen-bond donors (Lipinski definition) is 1. The number of rotatable bonds is 4. The molecule has 0 saturated carbocycles. The van der Waals surface area contributed by atoms with Gasteiger partial charge in [0.25, 0.3) is 5.89 Å². The van der Waals surface area contributed by atoms with Crippen molar-refractivity contribution in [1.82, 2.24) is 15.0 Å². The highest BCUT2D eigenvalue weighted by Gasteiger charge is 2.35. The van der Waals surface area contributed by atoms with Crippen LogP contribution in [0, 0.1) is 6.92 Å². The lowest BCUT2D eigenvalue weighted by molar-refractivity contribution is -0.147. The fourth-order valence-corrected chi connectivity index (χ4v) is 5.33. The van der Waals surface area contributed by atoms with Crippen molar-refractivity contribution in [2.75, 3.05) is 6.54 Å². The number of likely N-dealkylation sites (tertiary alicyclic amines) is 1. The van der Waals surface area contributed by atoms with Gasteiger partial charge in [0.15, 0.2) is 5.82 Å². The third-order valence-electron chi connectivity index (χ3n) is 5.16. The molecular formula is C18H21N3O4S. The molecule has 0 spiro atoms. The third-order valence-corrected chi connectivity index (χ3v) is 6.45. The minimum absolute atomic E-state index is 0.133. The zero-order valence-electron chi connectivity index (χ0n) is 14.7. The predicted molar refractivity (Wildman–Crippen MR) is 95.1 cm³/mol. The van der Waals surface area contributed by atoms with Crippen molar-refractivity contribution in [2.45, 2.75) is 57.9 Å². The van der Waals surface area contributed by atoms with Crippen LogP contribution in [0.2, 0.25) is 0 Å². The average Bonchev–Trinajstić information content (AvgIpc) is 3.31. The van der Waals surface area contributed by atoms with Crippen LogP contribution in [-0.2, 0) is 28.9 Å². The molecule has 3 heterocycles. The highest BCUT2D eigenvalue weighted by atomic mass is 32.1. The van der Waals surface area contributed by atoms with E-state index in [4.69, 9.17) is 4.52 Å².